The van der Waals surface area contributed by atoms with Gasteiger partial charge in [0.1, 0.15) is 0 Å². The molecule has 0 atom stereocenters. The van der Waals surface area contributed by atoms with Crippen molar-refractivity contribution in [3.8, 4) is 0 Å². The highest BCUT2D eigenvalue weighted by atomic mass is 16.6. The third-order valence-corrected chi connectivity index (χ3v) is 1.42. The van der Waals surface area contributed by atoms with Crippen LogP contribution in [-0.2, 0) is 9.59 Å². The zero-order valence-corrected chi connectivity index (χ0v) is 13.1. The predicted octanol–water partition coefficient (Wildman–Crippen LogP) is -0.882. The molecule has 0 aromatic carbocycles. The maximum Gasteiger partial charge on any atom is 0.503 e. The first-order valence-electron chi connectivity index (χ1n) is 6.29. The van der Waals surface area contributed by atoms with Gasteiger partial charge in [0.2, 0.25) is 12.2 Å². The summed E-state index contributed by atoms with van der Waals surface area (Å²) in [6.45, 7) is 1.11. The van der Waals surface area contributed by atoms with Gasteiger partial charge in [-0.25, -0.2) is 24.4 Å². The van der Waals surface area contributed by atoms with E-state index in [-0.39, 0.29) is 11.9 Å². The van der Waals surface area contributed by atoms with Crippen molar-refractivity contribution in [1.82, 2.24) is 0 Å². The zero-order chi connectivity index (χ0) is 19.8. The maximum atomic E-state index is 9.63. The Morgan fingerprint density at radius 3 is 1.17 bits per heavy atom. The van der Waals surface area contributed by atoms with E-state index in [4.69, 9.17) is 25.8 Å². The molecule has 0 aromatic rings. The van der Waals surface area contributed by atoms with Crippen molar-refractivity contribution in [3.05, 3.63) is 0 Å². The lowest BCUT2D eigenvalue weighted by Gasteiger charge is -1.93. The fraction of sp³-hybridized carbons (Fsp3) is 0.545. The summed E-state index contributed by atoms with van der Waals surface area (Å²) >= 11 is 0. The Bertz CT molecular complexity index is 368. The second-order valence-electron chi connectivity index (χ2n) is 3.55. The highest BCUT2D eigenvalue weighted by Gasteiger charge is 1.87. The van der Waals surface area contributed by atoms with Gasteiger partial charge in [-0.05, 0) is 12.8 Å². The quantitative estimate of drug-likeness (QED) is 0.122. The second-order valence-corrected chi connectivity index (χ2v) is 3.55. The molecule has 0 saturated carbocycles. The fourth-order valence-corrected chi connectivity index (χ4v) is 0.827. The summed E-state index contributed by atoms with van der Waals surface area (Å²) in [6, 6.07) is 0. The van der Waals surface area contributed by atoms with E-state index in [9.17, 15) is 9.59 Å². The van der Waals surface area contributed by atoms with Gasteiger partial charge in [0.05, 0.1) is 13.1 Å². The Kier molecular flexibility index (Phi) is 33.3. The Morgan fingerprint density at radius 1 is 0.792 bits per heavy atom. The fourth-order valence-electron chi connectivity index (χ4n) is 0.827. The first-order chi connectivity index (χ1) is 11.1. The number of nitrogens with two attached hydrogens (primary N) is 4. The minimum Gasteiger partial charge on any atom is -0.450 e. The van der Waals surface area contributed by atoms with Crippen LogP contribution in [0.3, 0.4) is 0 Å². The lowest BCUT2D eigenvalue weighted by molar-refractivity contribution is 0.137. The monoisotopic (exact) mass is 348 g/mol. The Morgan fingerprint density at radius 2 is 1.00 bits per heavy atom. The molecule has 138 valence electrons. The molecular weight excluding hydrogens is 324 g/mol. The first kappa shape index (κ1) is 28.7. The van der Waals surface area contributed by atoms with E-state index in [0.29, 0.717) is 13.1 Å². The van der Waals surface area contributed by atoms with Crippen LogP contribution in [0.15, 0.2) is 9.98 Å². The summed E-state index contributed by atoms with van der Waals surface area (Å²) in [4.78, 5) is 34.6. The lowest BCUT2D eigenvalue weighted by Crippen LogP contribution is -2.20. The molecule has 0 aliphatic rings. The molecule has 0 spiro atoms. The van der Waals surface area contributed by atoms with Gasteiger partial charge in [0.25, 0.3) is 0 Å². The minimum atomic E-state index is -1.83. The number of rotatable bonds is 7. The minimum absolute atomic E-state index is 0.333. The van der Waals surface area contributed by atoms with E-state index in [1.54, 1.807) is 0 Å². The van der Waals surface area contributed by atoms with Crippen molar-refractivity contribution in [1.29, 1.82) is 10.8 Å². The van der Waals surface area contributed by atoms with E-state index in [0.717, 1.165) is 25.7 Å². The Labute approximate surface area is 138 Å². The largest absolute Gasteiger partial charge is 0.503 e. The number of carboxylic acid groups (broad SMARTS) is 2. The summed E-state index contributed by atoms with van der Waals surface area (Å²) in [5.41, 5.74) is 17.9. The van der Waals surface area contributed by atoms with Crippen LogP contribution in [0.1, 0.15) is 25.7 Å². The maximum absolute atomic E-state index is 9.63. The number of carbonyl (C=O) groups is 1. The van der Waals surface area contributed by atoms with E-state index >= 15 is 0 Å². The number of aliphatic imine (C=N–C) groups is 2. The molecule has 13 nitrogen and oxygen atoms in total. The normalized spacial score (nSPS) is 7.17. The van der Waals surface area contributed by atoms with Crippen LogP contribution in [0.4, 0.5) is 4.79 Å². The second kappa shape index (κ2) is 27.8. The van der Waals surface area contributed by atoms with Gasteiger partial charge in [0.15, 0.2) is 11.9 Å². The molecule has 13 heteroatoms. The average Bonchev–Trinajstić information content (AvgIpc) is 2.40. The molecule has 0 heterocycles. The molecule has 0 saturated heterocycles. The molecule has 0 aliphatic heterocycles. The molecule has 0 bridgehead atoms. The standard InChI is InChI=1S/C8H12N2O2.2CH5N3.CH2O3/c11-7-9-5-3-1-2-4-6-10-8-12;3*2-1(3)4/h1-6H2;2*(H5,2,3,4);(H2,2,3,4). The van der Waals surface area contributed by atoms with Gasteiger partial charge >= 0.3 is 6.16 Å². The number of isocyanates is 2. The summed E-state index contributed by atoms with van der Waals surface area (Å²) in [6.07, 6.45) is 4.97. The number of hydrogen-bond acceptors (Lipinski definition) is 7. The third kappa shape index (κ3) is 185. The number of unbranched alkanes of at least 4 members (excludes halogenated alkanes) is 3. The van der Waals surface area contributed by atoms with Crippen molar-refractivity contribution in [3.63, 3.8) is 0 Å². The summed E-state index contributed by atoms with van der Waals surface area (Å²) in [5, 5.41) is 26.1. The molecule has 0 amide bonds. The number of nitrogens with one attached hydrogen (secondary N) is 2. The van der Waals surface area contributed by atoms with Crippen LogP contribution >= 0.6 is 0 Å². The average molecular weight is 348 g/mol. The molecule has 24 heavy (non-hydrogen) atoms. The topological polar surface area (TPSA) is 268 Å². The molecule has 0 fully saturated rings. The Hall–Kier alpha value is -3.43. The van der Waals surface area contributed by atoms with Gasteiger partial charge in [0, 0.05) is 0 Å². The van der Waals surface area contributed by atoms with Gasteiger partial charge in [-0.3, -0.25) is 10.8 Å². The number of guanidine groups is 2. The Balaban J connectivity index is -0.000000137. The molecule has 12 N–H and O–H groups in total. The van der Waals surface area contributed by atoms with Crippen LogP contribution < -0.4 is 22.9 Å². The van der Waals surface area contributed by atoms with E-state index in [1.165, 1.54) is 12.2 Å². The van der Waals surface area contributed by atoms with Crippen LogP contribution in [0.2, 0.25) is 0 Å². The van der Waals surface area contributed by atoms with Gasteiger partial charge < -0.3 is 33.1 Å². The molecule has 0 aromatic heterocycles. The van der Waals surface area contributed by atoms with Crippen LogP contribution in [0, 0.1) is 10.8 Å². The van der Waals surface area contributed by atoms with Crippen LogP contribution in [-0.4, -0.2) is 53.5 Å². The van der Waals surface area contributed by atoms with E-state index in [2.05, 4.69) is 32.9 Å². The van der Waals surface area contributed by atoms with Crippen molar-refractivity contribution >= 4 is 30.2 Å². The third-order valence-electron chi connectivity index (χ3n) is 1.42. The van der Waals surface area contributed by atoms with Crippen molar-refractivity contribution in [2.24, 2.45) is 32.9 Å². The molecule has 0 aliphatic carbocycles. The van der Waals surface area contributed by atoms with Gasteiger partial charge in [-0.1, -0.05) is 12.8 Å². The summed E-state index contributed by atoms with van der Waals surface area (Å²) < 4.78 is 0. The van der Waals surface area contributed by atoms with Crippen LogP contribution in [0.5, 0.6) is 0 Å². The van der Waals surface area contributed by atoms with E-state index in [1.807, 2.05) is 0 Å². The predicted molar refractivity (Wildman–Crippen MR) is 87.3 cm³/mol. The SMILES string of the molecule is N=C(N)N.N=C(N)N.O=C(O)O.O=C=NCCCCCCN=C=O. The highest BCUT2D eigenvalue weighted by molar-refractivity contribution is 5.72. The number of hydrogen-bond donors (Lipinski definition) is 8. The number of nitrogens with zero attached hydrogens (tertiary/aromatic N) is 2. The highest BCUT2D eigenvalue weighted by Crippen LogP contribution is 1.99. The summed E-state index contributed by atoms with van der Waals surface area (Å²) in [7, 11) is 0. The zero-order valence-electron chi connectivity index (χ0n) is 13.1. The van der Waals surface area contributed by atoms with E-state index < -0.39 is 6.16 Å². The van der Waals surface area contributed by atoms with Gasteiger partial charge in [-0.2, -0.15) is 0 Å². The van der Waals surface area contributed by atoms with Crippen molar-refractivity contribution in [2.75, 3.05) is 13.1 Å². The van der Waals surface area contributed by atoms with Crippen LogP contribution in [0.25, 0.3) is 0 Å². The molecular formula is C11H24N8O5. The lowest BCUT2D eigenvalue weighted by atomic mass is 10.2. The van der Waals surface area contributed by atoms with Crippen molar-refractivity contribution < 1.29 is 24.6 Å². The smallest absolute Gasteiger partial charge is 0.450 e. The summed E-state index contributed by atoms with van der Waals surface area (Å²) in [5.74, 6) is -0.667. The first-order valence-corrected chi connectivity index (χ1v) is 6.29. The molecule has 0 unspecified atom stereocenters. The number of carbonyl (C=O) groups excluding carboxylic acids is 2. The molecule has 0 rings (SSSR count). The van der Waals surface area contributed by atoms with Gasteiger partial charge in [-0.15, -0.1) is 0 Å². The van der Waals surface area contributed by atoms with Crippen molar-refractivity contribution in [2.45, 2.75) is 25.7 Å². The molecule has 0 radical (unpaired) electrons.